The van der Waals surface area contributed by atoms with Crippen LogP contribution in [0.4, 0.5) is 5.82 Å². The first-order chi connectivity index (χ1) is 7.24. The summed E-state index contributed by atoms with van der Waals surface area (Å²) in [6.45, 7) is 4.98. The number of hydrogen-bond donors (Lipinski definition) is 1. The van der Waals surface area contributed by atoms with Crippen molar-refractivity contribution in [2.45, 2.75) is 20.4 Å². The van der Waals surface area contributed by atoms with Gasteiger partial charge in [-0.1, -0.05) is 6.07 Å². The zero-order valence-electron chi connectivity index (χ0n) is 8.95. The van der Waals surface area contributed by atoms with Crippen LogP contribution in [0.3, 0.4) is 0 Å². The summed E-state index contributed by atoms with van der Waals surface area (Å²) in [5.41, 5.74) is 1.04. The van der Waals surface area contributed by atoms with Crippen molar-refractivity contribution in [3.8, 4) is 0 Å². The highest BCUT2D eigenvalue weighted by Gasteiger charge is 1.97. The van der Waals surface area contributed by atoms with E-state index in [-0.39, 0.29) is 0 Å². The van der Waals surface area contributed by atoms with E-state index in [1.54, 1.807) is 0 Å². The molecule has 2 aromatic rings. The Hall–Kier alpha value is -1.35. The molecule has 0 aliphatic carbocycles. The molecule has 15 heavy (non-hydrogen) atoms. The van der Waals surface area contributed by atoms with Crippen molar-refractivity contribution >= 4 is 17.2 Å². The smallest absolute Gasteiger partial charge is 0.126 e. The summed E-state index contributed by atoms with van der Waals surface area (Å²) < 4.78 is 0. The van der Waals surface area contributed by atoms with Gasteiger partial charge in [0.15, 0.2) is 0 Å². The maximum atomic E-state index is 4.39. The van der Waals surface area contributed by atoms with E-state index in [0.29, 0.717) is 0 Å². The molecule has 3 heteroatoms. The van der Waals surface area contributed by atoms with Gasteiger partial charge >= 0.3 is 0 Å². The number of hydrogen-bond acceptors (Lipinski definition) is 3. The summed E-state index contributed by atoms with van der Waals surface area (Å²) in [6.07, 6.45) is 0. The number of aromatic nitrogens is 1. The van der Waals surface area contributed by atoms with Gasteiger partial charge in [-0.25, -0.2) is 4.98 Å². The first-order valence-electron chi connectivity index (χ1n) is 4.97. The van der Waals surface area contributed by atoms with Crippen LogP contribution in [-0.4, -0.2) is 4.98 Å². The number of nitrogens with zero attached hydrogens (tertiary/aromatic N) is 1. The van der Waals surface area contributed by atoms with Crippen LogP contribution in [0.5, 0.6) is 0 Å². The van der Waals surface area contributed by atoms with Gasteiger partial charge in [0.2, 0.25) is 0 Å². The predicted octanol–water partition coefficient (Wildman–Crippen LogP) is 3.37. The Balaban J connectivity index is 1.99. The van der Waals surface area contributed by atoms with Crippen molar-refractivity contribution in [3.63, 3.8) is 0 Å². The topological polar surface area (TPSA) is 24.9 Å². The van der Waals surface area contributed by atoms with Crippen molar-refractivity contribution in [2.24, 2.45) is 0 Å². The van der Waals surface area contributed by atoms with Crippen LogP contribution in [0, 0.1) is 13.8 Å². The molecule has 0 atom stereocenters. The van der Waals surface area contributed by atoms with E-state index >= 15 is 0 Å². The first-order valence-corrected chi connectivity index (χ1v) is 5.78. The molecule has 2 heterocycles. The van der Waals surface area contributed by atoms with Crippen LogP contribution in [0.15, 0.2) is 30.3 Å². The molecule has 2 aromatic heterocycles. The van der Waals surface area contributed by atoms with Crippen LogP contribution < -0.4 is 5.32 Å². The summed E-state index contributed by atoms with van der Waals surface area (Å²) in [7, 11) is 0. The van der Waals surface area contributed by atoms with E-state index in [2.05, 4.69) is 29.4 Å². The highest BCUT2D eigenvalue weighted by Crippen LogP contribution is 2.16. The molecule has 0 bridgehead atoms. The Labute approximate surface area is 94.0 Å². The molecule has 0 spiro atoms. The molecule has 2 nitrogen and oxygen atoms in total. The van der Waals surface area contributed by atoms with E-state index in [0.717, 1.165) is 18.1 Å². The number of thiophene rings is 1. The minimum Gasteiger partial charge on any atom is -0.365 e. The van der Waals surface area contributed by atoms with Gasteiger partial charge in [0.05, 0.1) is 6.54 Å². The third-order valence-electron chi connectivity index (χ3n) is 2.13. The number of anilines is 1. The largest absolute Gasteiger partial charge is 0.365 e. The summed E-state index contributed by atoms with van der Waals surface area (Å²) in [5.74, 6) is 0.945. The van der Waals surface area contributed by atoms with Crippen LogP contribution >= 0.6 is 11.3 Å². The summed E-state index contributed by atoms with van der Waals surface area (Å²) in [6, 6.07) is 10.3. The number of pyridine rings is 1. The SMILES string of the molecule is Cc1cccc(NCc2ccc(C)s2)n1. The molecule has 0 radical (unpaired) electrons. The minimum absolute atomic E-state index is 0.856. The second kappa shape index (κ2) is 4.45. The lowest BCUT2D eigenvalue weighted by Gasteiger charge is -2.03. The van der Waals surface area contributed by atoms with Crippen molar-refractivity contribution in [1.82, 2.24) is 4.98 Å². The molecule has 0 amide bonds. The van der Waals surface area contributed by atoms with Gasteiger partial charge in [0.25, 0.3) is 0 Å². The Morgan fingerprint density at radius 1 is 1.20 bits per heavy atom. The monoisotopic (exact) mass is 218 g/mol. The standard InChI is InChI=1S/C12H14N2S/c1-9-4-3-5-12(14-9)13-8-11-7-6-10(2)15-11/h3-7H,8H2,1-2H3,(H,13,14). The number of rotatable bonds is 3. The van der Waals surface area contributed by atoms with Crippen molar-refractivity contribution in [3.05, 3.63) is 45.8 Å². The van der Waals surface area contributed by atoms with Gasteiger partial charge in [-0.2, -0.15) is 0 Å². The Morgan fingerprint density at radius 3 is 2.73 bits per heavy atom. The molecule has 1 N–H and O–H groups in total. The normalized spacial score (nSPS) is 10.3. The third-order valence-corrected chi connectivity index (χ3v) is 3.13. The minimum atomic E-state index is 0.856. The fraction of sp³-hybridized carbons (Fsp3) is 0.250. The Bertz CT molecular complexity index is 448. The predicted molar refractivity (Wildman–Crippen MR) is 65.4 cm³/mol. The zero-order valence-corrected chi connectivity index (χ0v) is 9.77. The molecule has 2 rings (SSSR count). The lowest BCUT2D eigenvalue weighted by Crippen LogP contribution is -1.99. The molecule has 0 saturated heterocycles. The maximum absolute atomic E-state index is 4.39. The second-order valence-corrected chi connectivity index (χ2v) is 4.90. The molecule has 0 unspecified atom stereocenters. The van der Waals surface area contributed by atoms with E-state index in [9.17, 15) is 0 Å². The lowest BCUT2D eigenvalue weighted by molar-refractivity contribution is 1.11. The van der Waals surface area contributed by atoms with Crippen LogP contribution in [0.1, 0.15) is 15.4 Å². The molecule has 0 fully saturated rings. The molecule has 0 aromatic carbocycles. The van der Waals surface area contributed by atoms with Crippen molar-refractivity contribution < 1.29 is 0 Å². The fourth-order valence-electron chi connectivity index (χ4n) is 1.40. The number of nitrogens with one attached hydrogen (secondary N) is 1. The Kier molecular flexibility index (Phi) is 3.02. The fourth-order valence-corrected chi connectivity index (χ4v) is 2.23. The summed E-state index contributed by atoms with van der Waals surface area (Å²) in [4.78, 5) is 7.08. The zero-order chi connectivity index (χ0) is 10.7. The van der Waals surface area contributed by atoms with Gasteiger partial charge in [0, 0.05) is 15.4 Å². The molecule has 0 aliphatic heterocycles. The van der Waals surface area contributed by atoms with Crippen molar-refractivity contribution in [1.29, 1.82) is 0 Å². The van der Waals surface area contributed by atoms with Gasteiger partial charge in [-0.15, -0.1) is 11.3 Å². The van der Waals surface area contributed by atoms with E-state index < -0.39 is 0 Å². The van der Waals surface area contributed by atoms with Crippen LogP contribution in [0.25, 0.3) is 0 Å². The van der Waals surface area contributed by atoms with Gasteiger partial charge < -0.3 is 5.32 Å². The van der Waals surface area contributed by atoms with E-state index in [1.165, 1.54) is 9.75 Å². The van der Waals surface area contributed by atoms with Gasteiger partial charge in [0.1, 0.15) is 5.82 Å². The highest BCUT2D eigenvalue weighted by molar-refractivity contribution is 7.11. The second-order valence-electron chi connectivity index (χ2n) is 3.53. The number of aryl methyl sites for hydroxylation is 2. The molecular formula is C12H14N2S. The van der Waals surface area contributed by atoms with E-state index in [1.807, 2.05) is 36.5 Å². The van der Waals surface area contributed by atoms with Gasteiger partial charge in [-0.05, 0) is 38.1 Å². The lowest BCUT2D eigenvalue weighted by atomic mass is 10.3. The molecule has 0 saturated carbocycles. The average molecular weight is 218 g/mol. The summed E-state index contributed by atoms with van der Waals surface area (Å²) in [5, 5.41) is 3.31. The van der Waals surface area contributed by atoms with E-state index in [4.69, 9.17) is 0 Å². The molecular weight excluding hydrogens is 204 g/mol. The quantitative estimate of drug-likeness (QED) is 0.854. The van der Waals surface area contributed by atoms with Crippen LogP contribution in [-0.2, 0) is 6.54 Å². The average Bonchev–Trinajstić information content (AvgIpc) is 2.62. The maximum Gasteiger partial charge on any atom is 0.126 e. The highest BCUT2D eigenvalue weighted by atomic mass is 32.1. The third kappa shape index (κ3) is 2.80. The van der Waals surface area contributed by atoms with Gasteiger partial charge in [-0.3, -0.25) is 0 Å². The first kappa shape index (κ1) is 10.2. The molecule has 78 valence electrons. The van der Waals surface area contributed by atoms with Crippen LogP contribution in [0.2, 0.25) is 0 Å². The molecule has 0 aliphatic rings. The van der Waals surface area contributed by atoms with Crippen molar-refractivity contribution in [2.75, 3.05) is 5.32 Å². The Morgan fingerprint density at radius 2 is 2.07 bits per heavy atom. The summed E-state index contributed by atoms with van der Waals surface area (Å²) >= 11 is 1.82.